The molecule has 0 unspecified atom stereocenters. The maximum absolute atomic E-state index is 13.0. The average molecular weight is 446 g/mol. The Morgan fingerprint density at radius 3 is 2.53 bits per heavy atom. The van der Waals surface area contributed by atoms with Gasteiger partial charge in [-0.3, -0.25) is 14.2 Å². The molecule has 1 N–H and O–H groups in total. The van der Waals surface area contributed by atoms with E-state index < -0.39 is 0 Å². The molecule has 0 saturated heterocycles. The van der Waals surface area contributed by atoms with Crippen molar-refractivity contribution in [3.05, 3.63) is 33.6 Å². The molecule has 4 aliphatic rings. The first kappa shape index (κ1) is 20.4. The SMILES string of the molecule is CCCn1c(SCC(=O)NC23CC4CC(CC(C4)C2)C3)nc2cc(Cl)ccc2c1=O. The molecule has 5 nitrogen and oxygen atoms in total. The first-order chi connectivity index (χ1) is 14.4. The van der Waals surface area contributed by atoms with Gasteiger partial charge in [-0.05, 0) is 80.9 Å². The zero-order valence-corrected chi connectivity index (χ0v) is 18.9. The highest BCUT2D eigenvalue weighted by molar-refractivity contribution is 7.99. The molecule has 4 bridgehead atoms. The van der Waals surface area contributed by atoms with Crippen LogP contribution in [0.1, 0.15) is 51.9 Å². The average Bonchev–Trinajstić information content (AvgIpc) is 2.67. The molecule has 1 aromatic carbocycles. The predicted octanol–water partition coefficient (Wildman–Crippen LogP) is 4.64. The van der Waals surface area contributed by atoms with Crippen LogP contribution < -0.4 is 10.9 Å². The molecule has 1 amide bonds. The van der Waals surface area contributed by atoms with Gasteiger partial charge in [-0.1, -0.05) is 30.3 Å². The van der Waals surface area contributed by atoms with E-state index in [9.17, 15) is 9.59 Å². The van der Waals surface area contributed by atoms with E-state index >= 15 is 0 Å². The Labute approximate surface area is 186 Å². The van der Waals surface area contributed by atoms with Crippen LogP contribution in [0.5, 0.6) is 0 Å². The van der Waals surface area contributed by atoms with Gasteiger partial charge in [0.2, 0.25) is 5.91 Å². The normalized spacial score (nSPS) is 29.5. The number of benzene rings is 1. The fourth-order valence-electron chi connectivity index (χ4n) is 6.43. The molecule has 4 aliphatic carbocycles. The third kappa shape index (κ3) is 3.77. The summed E-state index contributed by atoms with van der Waals surface area (Å²) in [4.78, 5) is 30.5. The molecule has 4 saturated carbocycles. The van der Waals surface area contributed by atoms with Crippen LogP contribution in [0.4, 0.5) is 0 Å². The summed E-state index contributed by atoms with van der Waals surface area (Å²) in [6, 6.07) is 5.16. The van der Waals surface area contributed by atoms with Crippen molar-refractivity contribution in [2.45, 2.75) is 69.1 Å². The summed E-state index contributed by atoms with van der Waals surface area (Å²) in [6.07, 6.45) is 8.33. The van der Waals surface area contributed by atoms with E-state index in [0.29, 0.717) is 27.6 Å². The van der Waals surface area contributed by atoms with Gasteiger partial charge in [-0.15, -0.1) is 0 Å². The van der Waals surface area contributed by atoms with Crippen LogP contribution >= 0.6 is 23.4 Å². The van der Waals surface area contributed by atoms with E-state index in [4.69, 9.17) is 11.6 Å². The Balaban J connectivity index is 1.34. The molecule has 6 rings (SSSR count). The van der Waals surface area contributed by atoms with Gasteiger partial charge in [-0.2, -0.15) is 0 Å². The van der Waals surface area contributed by atoms with Crippen LogP contribution in [-0.2, 0) is 11.3 Å². The Hall–Kier alpha value is -1.53. The third-order valence-corrected chi connectivity index (χ3v) is 8.32. The number of hydrogen-bond acceptors (Lipinski definition) is 4. The van der Waals surface area contributed by atoms with Crippen molar-refractivity contribution < 1.29 is 4.79 Å². The summed E-state index contributed by atoms with van der Waals surface area (Å²) >= 11 is 7.46. The molecule has 1 heterocycles. The number of halogens is 1. The summed E-state index contributed by atoms with van der Waals surface area (Å²) in [6.45, 7) is 2.62. The summed E-state index contributed by atoms with van der Waals surface area (Å²) in [7, 11) is 0. The summed E-state index contributed by atoms with van der Waals surface area (Å²) in [5, 5.41) is 5.12. The number of rotatable bonds is 6. The largest absolute Gasteiger partial charge is 0.350 e. The van der Waals surface area contributed by atoms with Crippen molar-refractivity contribution in [3.63, 3.8) is 0 Å². The summed E-state index contributed by atoms with van der Waals surface area (Å²) in [5.74, 6) is 2.73. The van der Waals surface area contributed by atoms with Gasteiger partial charge < -0.3 is 5.32 Å². The lowest BCUT2D eigenvalue weighted by Crippen LogP contribution is -2.60. The molecule has 7 heteroatoms. The van der Waals surface area contributed by atoms with Gasteiger partial charge >= 0.3 is 0 Å². The zero-order valence-electron chi connectivity index (χ0n) is 17.3. The van der Waals surface area contributed by atoms with Crippen molar-refractivity contribution in [3.8, 4) is 0 Å². The molecule has 4 fully saturated rings. The predicted molar refractivity (Wildman–Crippen MR) is 121 cm³/mol. The molecular formula is C23H28ClN3O2S. The smallest absolute Gasteiger partial charge is 0.262 e. The first-order valence-electron chi connectivity index (χ1n) is 11.1. The van der Waals surface area contributed by atoms with Gasteiger partial charge in [-0.25, -0.2) is 4.98 Å². The van der Waals surface area contributed by atoms with Crippen LogP contribution in [0.3, 0.4) is 0 Å². The highest BCUT2D eigenvalue weighted by Gasteiger charge is 2.51. The van der Waals surface area contributed by atoms with E-state index in [2.05, 4.69) is 10.3 Å². The molecule has 30 heavy (non-hydrogen) atoms. The van der Waals surface area contributed by atoms with E-state index in [-0.39, 0.29) is 22.8 Å². The van der Waals surface area contributed by atoms with Gasteiger partial charge in [0.15, 0.2) is 5.16 Å². The topological polar surface area (TPSA) is 64.0 Å². The van der Waals surface area contributed by atoms with E-state index in [1.54, 1.807) is 22.8 Å². The monoisotopic (exact) mass is 445 g/mol. The van der Waals surface area contributed by atoms with Crippen molar-refractivity contribution >= 4 is 40.2 Å². The lowest BCUT2D eigenvalue weighted by atomic mass is 9.53. The molecule has 0 spiro atoms. The minimum atomic E-state index is -0.0671. The molecule has 0 atom stereocenters. The van der Waals surface area contributed by atoms with E-state index in [1.165, 1.54) is 31.0 Å². The fourth-order valence-corrected chi connectivity index (χ4v) is 7.42. The van der Waals surface area contributed by atoms with Gasteiger partial charge in [0.25, 0.3) is 5.56 Å². The van der Waals surface area contributed by atoms with Crippen LogP contribution in [0.25, 0.3) is 10.9 Å². The first-order valence-corrected chi connectivity index (χ1v) is 12.4. The minimum absolute atomic E-state index is 0.0137. The lowest BCUT2D eigenvalue weighted by Gasteiger charge is -2.56. The maximum atomic E-state index is 13.0. The third-order valence-electron chi connectivity index (χ3n) is 7.10. The minimum Gasteiger partial charge on any atom is -0.350 e. The molecule has 2 aromatic rings. The van der Waals surface area contributed by atoms with Crippen molar-refractivity contribution in [1.29, 1.82) is 0 Å². The quantitative estimate of drug-likeness (QED) is 0.519. The number of hydrogen-bond donors (Lipinski definition) is 1. The number of nitrogens with one attached hydrogen (secondary N) is 1. The highest BCUT2D eigenvalue weighted by Crippen LogP contribution is 2.55. The fraction of sp³-hybridized carbons (Fsp3) is 0.609. The van der Waals surface area contributed by atoms with Crippen molar-refractivity contribution in [2.24, 2.45) is 17.8 Å². The molecule has 0 aliphatic heterocycles. The van der Waals surface area contributed by atoms with E-state index in [1.807, 2.05) is 6.92 Å². The van der Waals surface area contributed by atoms with Crippen molar-refractivity contribution in [2.75, 3.05) is 5.75 Å². The maximum Gasteiger partial charge on any atom is 0.262 e. The number of carbonyl (C=O) groups excluding carboxylic acids is 1. The van der Waals surface area contributed by atoms with Gasteiger partial charge in [0.1, 0.15) is 0 Å². The number of carbonyl (C=O) groups is 1. The van der Waals surface area contributed by atoms with Gasteiger partial charge in [0, 0.05) is 17.1 Å². The second kappa shape index (κ2) is 7.86. The van der Waals surface area contributed by atoms with Crippen LogP contribution in [0.2, 0.25) is 5.02 Å². The molecular weight excluding hydrogens is 418 g/mol. The Morgan fingerprint density at radius 1 is 1.23 bits per heavy atom. The van der Waals surface area contributed by atoms with Crippen LogP contribution in [0.15, 0.2) is 28.2 Å². The Kier molecular flexibility index (Phi) is 5.34. The van der Waals surface area contributed by atoms with Crippen LogP contribution in [0, 0.1) is 17.8 Å². The number of nitrogens with zero attached hydrogens (tertiary/aromatic N) is 2. The number of thioether (sulfide) groups is 1. The second-order valence-electron chi connectivity index (χ2n) is 9.55. The molecule has 160 valence electrons. The van der Waals surface area contributed by atoms with E-state index in [0.717, 1.165) is 43.4 Å². The lowest BCUT2D eigenvalue weighted by molar-refractivity contribution is -0.124. The van der Waals surface area contributed by atoms with Crippen LogP contribution in [-0.4, -0.2) is 26.8 Å². The number of aromatic nitrogens is 2. The standard InChI is InChI=1S/C23H28ClN3O2S/c1-2-5-27-21(29)18-4-3-17(24)9-19(18)25-22(27)30-13-20(28)26-23-10-14-6-15(11-23)8-16(7-14)12-23/h3-4,9,14-16H,2,5-8,10-13H2,1H3,(H,26,28). The number of fused-ring (bicyclic) bond motifs is 1. The Morgan fingerprint density at radius 2 is 1.90 bits per heavy atom. The second-order valence-corrected chi connectivity index (χ2v) is 10.9. The molecule has 1 aromatic heterocycles. The number of amides is 1. The van der Waals surface area contributed by atoms with Gasteiger partial charge in [0.05, 0.1) is 16.7 Å². The van der Waals surface area contributed by atoms with Crippen molar-refractivity contribution in [1.82, 2.24) is 14.9 Å². The summed E-state index contributed by atoms with van der Waals surface area (Å²) < 4.78 is 1.69. The highest BCUT2D eigenvalue weighted by atomic mass is 35.5. The zero-order chi connectivity index (χ0) is 20.9. The Bertz CT molecular complexity index is 1020. The summed E-state index contributed by atoms with van der Waals surface area (Å²) in [5.41, 5.74) is 0.533. The molecule has 0 radical (unpaired) electrons.